The molecule has 0 N–H and O–H groups in total. The van der Waals surface area contributed by atoms with Gasteiger partial charge in [0, 0.05) is 30.9 Å². The van der Waals surface area contributed by atoms with E-state index in [4.69, 9.17) is 18.2 Å². The number of hydrogen-bond acceptors (Lipinski definition) is 6. The molecule has 0 radical (unpaired) electrons. The molecule has 1 aliphatic rings. The maximum absolute atomic E-state index is 14.4. The maximum atomic E-state index is 14.4. The summed E-state index contributed by atoms with van der Waals surface area (Å²) in [5.41, 5.74) is 3.46. The van der Waals surface area contributed by atoms with E-state index < -0.39 is 21.5 Å². The lowest BCUT2D eigenvalue weighted by molar-refractivity contribution is -0.131. The lowest BCUT2D eigenvalue weighted by Gasteiger charge is -2.49. The van der Waals surface area contributed by atoms with Crippen LogP contribution >= 0.6 is 7.60 Å². The third-order valence-corrected chi connectivity index (χ3v) is 18.3. The second-order valence-electron chi connectivity index (χ2n) is 17.6. The molecule has 5 rings (SSSR count). The Kier molecular flexibility index (Phi) is 12.5. The number of β-lactam (4-membered cyclic amide) rings is 1. The van der Waals surface area contributed by atoms with Crippen molar-refractivity contribution in [1.82, 2.24) is 0 Å². The number of carbonyl (C=O) groups is 1. The summed E-state index contributed by atoms with van der Waals surface area (Å²) in [5.74, 6) is 0.0409. The molecule has 0 unspecified atom stereocenters. The number of hydrogen-bond donors (Lipinski definition) is 0. The number of nitrogens with zero attached hydrogens (tertiary/aromatic N) is 1. The zero-order chi connectivity index (χ0) is 40.6. The second-order valence-corrected chi connectivity index (χ2v) is 24.6. The summed E-state index contributed by atoms with van der Waals surface area (Å²) in [4.78, 5) is 16.3. The van der Waals surface area contributed by atoms with Crippen LogP contribution in [0.4, 0.5) is 10.1 Å². The number of ether oxygens (including phenoxy) is 1. The van der Waals surface area contributed by atoms with Crippen molar-refractivity contribution < 1.29 is 32.0 Å². The van der Waals surface area contributed by atoms with Crippen LogP contribution in [-0.2, 0) is 22.8 Å². The lowest BCUT2D eigenvalue weighted by atomic mass is 9.77. The summed E-state index contributed by atoms with van der Waals surface area (Å²) in [5, 5.41) is 0.411. The predicted octanol–water partition coefficient (Wildman–Crippen LogP) is 12.1. The minimum absolute atomic E-state index is 0.0362. The van der Waals surface area contributed by atoms with E-state index in [1.54, 1.807) is 18.2 Å². The molecule has 0 saturated carbocycles. The van der Waals surface area contributed by atoms with E-state index in [-0.39, 0.29) is 40.2 Å². The highest BCUT2D eigenvalue weighted by Gasteiger charge is 2.50. The number of halogens is 1. The minimum atomic E-state index is -3.49. The SMILES string of the molecule is COP(=O)(OC)c1cccc(-c2ccc([C@@H]3[C@@H](CC[C@H](O[Si](C)(C)C(C)(C)C)c4ccc(F)cc4)C(=O)N3c3ccccc3)c(OC(C)(C)C(C)(C)C)c2)c1. The summed E-state index contributed by atoms with van der Waals surface area (Å²) >= 11 is 0. The van der Waals surface area contributed by atoms with Gasteiger partial charge in [0.25, 0.3) is 0 Å². The summed E-state index contributed by atoms with van der Waals surface area (Å²) in [7, 11) is -2.99. The van der Waals surface area contributed by atoms with Crippen LogP contribution in [0.3, 0.4) is 0 Å². The smallest absolute Gasteiger partial charge is 0.360 e. The summed E-state index contributed by atoms with van der Waals surface area (Å²) in [6.07, 6.45) is 0.834. The quantitative estimate of drug-likeness (QED) is 0.0720. The Morgan fingerprint density at radius 2 is 1.42 bits per heavy atom. The van der Waals surface area contributed by atoms with Gasteiger partial charge in [-0.05, 0) is 104 Å². The molecule has 1 amide bonds. The zero-order valence-corrected chi connectivity index (χ0v) is 36.5. The topological polar surface area (TPSA) is 74.3 Å². The Bertz CT molecular complexity index is 2000. The van der Waals surface area contributed by atoms with Gasteiger partial charge in [0.1, 0.15) is 17.2 Å². The Morgan fingerprint density at radius 1 is 0.800 bits per heavy atom. The fourth-order valence-corrected chi connectivity index (χ4v) is 8.97. The van der Waals surface area contributed by atoms with Crippen molar-refractivity contribution in [2.75, 3.05) is 19.1 Å². The van der Waals surface area contributed by atoms with Gasteiger partial charge in [-0.1, -0.05) is 96.1 Å². The van der Waals surface area contributed by atoms with Crippen LogP contribution in [0.15, 0.2) is 97.1 Å². The Balaban J connectivity index is 1.61. The largest absolute Gasteiger partial charge is 0.487 e. The van der Waals surface area contributed by atoms with Crippen LogP contribution in [0.25, 0.3) is 11.1 Å². The Hall–Kier alpha value is -3.59. The number of rotatable bonds is 14. The van der Waals surface area contributed by atoms with Crippen LogP contribution in [0.5, 0.6) is 5.75 Å². The van der Waals surface area contributed by atoms with Gasteiger partial charge in [-0.15, -0.1) is 0 Å². The van der Waals surface area contributed by atoms with Crippen molar-refractivity contribution in [3.63, 3.8) is 0 Å². The van der Waals surface area contributed by atoms with E-state index in [1.807, 2.05) is 65.6 Å². The molecule has 1 aliphatic heterocycles. The first-order chi connectivity index (χ1) is 25.6. The van der Waals surface area contributed by atoms with Crippen molar-refractivity contribution in [2.45, 2.75) is 104 Å². The molecule has 4 aromatic carbocycles. The molecule has 1 saturated heterocycles. The fourth-order valence-electron chi connectivity index (χ4n) is 6.51. The van der Waals surface area contributed by atoms with E-state index in [0.717, 1.165) is 27.9 Å². The second kappa shape index (κ2) is 16.1. The van der Waals surface area contributed by atoms with E-state index in [1.165, 1.54) is 26.4 Å². The molecule has 4 aromatic rings. The van der Waals surface area contributed by atoms with Crippen LogP contribution < -0.4 is 14.9 Å². The molecule has 1 fully saturated rings. The number of anilines is 1. The van der Waals surface area contributed by atoms with Gasteiger partial charge in [0.2, 0.25) is 5.91 Å². The van der Waals surface area contributed by atoms with Gasteiger partial charge in [-0.3, -0.25) is 9.36 Å². The third kappa shape index (κ3) is 9.02. The first kappa shape index (κ1) is 42.5. The number of para-hydroxylation sites is 1. The monoisotopic (exact) mass is 787 g/mol. The Labute approximate surface area is 329 Å². The van der Waals surface area contributed by atoms with Crippen LogP contribution in [0.2, 0.25) is 18.1 Å². The fraction of sp³-hybridized carbons (Fsp3) is 0.444. The maximum Gasteiger partial charge on any atom is 0.360 e. The lowest BCUT2D eigenvalue weighted by Crippen LogP contribution is -2.55. The molecule has 55 heavy (non-hydrogen) atoms. The van der Waals surface area contributed by atoms with Crippen LogP contribution in [-0.4, -0.2) is 34.0 Å². The molecule has 296 valence electrons. The minimum Gasteiger partial charge on any atom is -0.487 e. The molecular formula is C45H59FNO6PSi. The van der Waals surface area contributed by atoms with Gasteiger partial charge in [-0.25, -0.2) is 4.39 Å². The normalized spacial score (nSPS) is 17.5. The highest BCUT2D eigenvalue weighted by atomic mass is 31.2. The molecule has 0 bridgehead atoms. The van der Waals surface area contributed by atoms with E-state index in [2.05, 4.69) is 74.6 Å². The summed E-state index contributed by atoms with van der Waals surface area (Å²) in [6, 6.07) is 29.5. The standard InChI is InChI=1S/C45H59FNO6PSi/c1-43(2,3)45(7,8)52-40-30-33(32-17-16-20-36(29-32)54(49,50-9)51-10)23-26-37(40)41-38(42(48)47(41)35-18-14-13-15-19-35)27-28-39(31-21-24-34(46)25-22-31)53-55(11,12)44(4,5)6/h13-26,29-30,38-39,41H,27-28H2,1-12H3/t38-,39+,41-/m1/s1. The van der Waals surface area contributed by atoms with Gasteiger partial charge in [-0.2, -0.15) is 0 Å². The molecule has 0 aromatic heterocycles. The van der Waals surface area contributed by atoms with Crippen molar-refractivity contribution in [1.29, 1.82) is 0 Å². The first-order valence-corrected chi connectivity index (χ1v) is 23.5. The highest BCUT2D eigenvalue weighted by molar-refractivity contribution is 7.62. The zero-order valence-electron chi connectivity index (χ0n) is 34.6. The van der Waals surface area contributed by atoms with Crippen molar-refractivity contribution in [3.8, 4) is 16.9 Å². The average molecular weight is 788 g/mol. The van der Waals surface area contributed by atoms with Crippen molar-refractivity contribution in [2.24, 2.45) is 11.3 Å². The van der Waals surface area contributed by atoms with E-state index in [0.29, 0.717) is 23.9 Å². The van der Waals surface area contributed by atoms with E-state index >= 15 is 0 Å². The molecule has 0 aliphatic carbocycles. The molecule has 1 heterocycles. The van der Waals surface area contributed by atoms with Crippen molar-refractivity contribution in [3.05, 3.63) is 114 Å². The number of amides is 1. The van der Waals surface area contributed by atoms with Gasteiger partial charge >= 0.3 is 7.60 Å². The number of carbonyl (C=O) groups excluding carboxylic acids is 1. The Morgan fingerprint density at radius 3 is 2.00 bits per heavy atom. The van der Waals surface area contributed by atoms with Gasteiger partial charge in [0.05, 0.1) is 23.4 Å². The molecule has 0 spiro atoms. The van der Waals surface area contributed by atoms with Gasteiger partial charge < -0.3 is 23.1 Å². The van der Waals surface area contributed by atoms with Crippen LogP contribution in [0, 0.1) is 17.2 Å². The van der Waals surface area contributed by atoms with Crippen LogP contribution in [0.1, 0.15) is 91.5 Å². The molecule has 3 atom stereocenters. The summed E-state index contributed by atoms with van der Waals surface area (Å²) < 4.78 is 52.1. The van der Waals surface area contributed by atoms with Gasteiger partial charge in [0.15, 0.2) is 8.32 Å². The average Bonchev–Trinajstić information content (AvgIpc) is 3.13. The molecule has 7 nitrogen and oxygen atoms in total. The first-order valence-electron chi connectivity index (χ1n) is 19.1. The molecular weight excluding hydrogens is 729 g/mol. The predicted molar refractivity (Wildman–Crippen MR) is 224 cm³/mol. The highest BCUT2D eigenvalue weighted by Crippen LogP contribution is 2.52. The molecule has 10 heteroatoms. The number of benzene rings is 4. The summed E-state index contributed by atoms with van der Waals surface area (Å²) in [6.45, 7) is 21.7. The van der Waals surface area contributed by atoms with E-state index in [9.17, 15) is 13.8 Å². The van der Waals surface area contributed by atoms with Crippen molar-refractivity contribution >= 4 is 32.8 Å². The third-order valence-electron chi connectivity index (χ3n) is 12.0.